The molecule has 0 aliphatic carbocycles. The van der Waals surface area contributed by atoms with Crippen LogP contribution in [0, 0.1) is 12.8 Å². The highest BCUT2D eigenvalue weighted by Crippen LogP contribution is 2.36. The monoisotopic (exact) mass is 375 g/mol. The van der Waals surface area contributed by atoms with Crippen LogP contribution in [0.1, 0.15) is 24.4 Å². The van der Waals surface area contributed by atoms with Crippen LogP contribution in [0.15, 0.2) is 29.7 Å². The lowest BCUT2D eigenvalue weighted by Gasteiger charge is -2.18. The molecule has 27 heavy (non-hydrogen) atoms. The number of aromatic nitrogens is 3. The average Bonchev–Trinajstić information content (AvgIpc) is 3.18. The van der Waals surface area contributed by atoms with Crippen molar-refractivity contribution in [2.24, 2.45) is 16.6 Å². The van der Waals surface area contributed by atoms with Crippen molar-refractivity contribution in [3.05, 3.63) is 35.9 Å². The highest BCUT2D eigenvalue weighted by Gasteiger charge is 2.44. The Morgan fingerprint density at radius 3 is 2.70 bits per heavy atom. The molecule has 9 heteroatoms. The summed E-state index contributed by atoms with van der Waals surface area (Å²) in [6.07, 6.45) is 0.630. The van der Waals surface area contributed by atoms with Gasteiger partial charge in [-0.1, -0.05) is 12.2 Å². The molecule has 0 aromatic carbocycles. The number of aliphatic hydroxyl groups is 3. The van der Waals surface area contributed by atoms with E-state index in [1.807, 2.05) is 13.8 Å². The van der Waals surface area contributed by atoms with Gasteiger partial charge in [0.2, 0.25) is 0 Å². The lowest BCUT2D eigenvalue weighted by atomic mass is 9.99. The maximum atomic E-state index is 10.6. The van der Waals surface area contributed by atoms with E-state index in [1.54, 1.807) is 10.8 Å². The van der Waals surface area contributed by atoms with E-state index in [-0.39, 0.29) is 13.2 Å². The van der Waals surface area contributed by atoms with Crippen LogP contribution < -0.4 is 5.73 Å². The zero-order valence-electron chi connectivity index (χ0n) is 15.4. The first-order valence-corrected chi connectivity index (χ1v) is 8.71. The minimum Gasteiger partial charge on any atom is -0.396 e. The van der Waals surface area contributed by atoms with Crippen LogP contribution in [-0.4, -0.2) is 67.7 Å². The molecule has 2 unspecified atom stereocenters. The van der Waals surface area contributed by atoms with Crippen molar-refractivity contribution in [1.29, 1.82) is 0 Å². The van der Waals surface area contributed by atoms with E-state index in [4.69, 9.17) is 10.5 Å². The van der Waals surface area contributed by atoms with Gasteiger partial charge in [-0.3, -0.25) is 4.99 Å². The van der Waals surface area contributed by atoms with E-state index in [0.29, 0.717) is 34.7 Å². The number of nitrogens with two attached hydrogens (primary N) is 1. The van der Waals surface area contributed by atoms with Gasteiger partial charge in [-0.15, -0.1) is 0 Å². The summed E-state index contributed by atoms with van der Waals surface area (Å²) in [7, 11) is 0. The SMILES string of the molecule is C=C(C)CN=C(N)c1cn([C@@H]2O[C@H](CO)C(CO)C2O)c2ncnc(C)c12. The van der Waals surface area contributed by atoms with Gasteiger partial charge in [-0.05, 0) is 13.8 Å². The van der Waals surface area contributed by atoms with Gasteiger partial charge >= 0.3 is 0 Å². The largest absolute Gasteiger partial charge is 0.396 e. The Balaban J connectivity index is 2.11. The number of hydrogen-bond acceptors (Lipinski definition) is 7. The predicted molar refractivity (Wildman–Crippen MR) is 100 cm³/mol. The van der Waals surface area contributed by atoms with Crippen LogP contribution in [-0.2, 0) is 4.74 Å². The predicted octanol–water partition coefficient (Wildman–Crippen LogP) is -0.120. The number of aliphatic hydroxyl groups excluding tert-OH is 3. The van der Waals surface area contributed by atoms with E-state index in [2.05, 4.69) is 21.5 Å². The van der Waals surface area contributed by atoms with Crippen molar-refractivity contribution >= 4 is 16.9 Å². The van der Waals surface area contributed by atoms with Crippen molar-refractivity contribution in [2.45, 2.75) is 32.3 Å². The summed E-state index contributed by atoms with van der Waals surface area (Å²) in [6, 6.07) is 0. The second kappa shape index (κ2) is 7.73. The van der Waals surface area contributed by atoms with Crippen LogP contribution in [0.3, 0.4) is 0 Å². The summed E-state index contributed by atoms with van der Waals surface area (Å²) in [5.41, 5.74) is 8.94. The Bertz CT molecular complexity index is 878. The number of nitrogens with zero attached hydrogens (tertiary/aromatic N) is 4. The Morgan fingerprint density at radius 2 is 2.11 bits per heavy atom. The summed E-state index contributed by atoms with van der Waals surface area (Å²) in [6.45, 7) is 7.31. The van der Waals surface area contributed by atoms with Crippen LogP contribution in [0.25, 0.3) is 11.0 Å². The van der Waals surface area contributed by atoms with Gasteiger partial charge in [0.25, 0.3) is 0 Å². The number of aliphatic imine (C=N–C) groups is 1. The van der Waals surface area contributed by atoms with Crippen molar-refractivity contribution in [3.63, 3.8) is 0 Å². The van der Waals surface area contributed by atoms with Crippen molar-refractivity contribution < 1.29 is 20.1 Å². The van der Waals surface area contributed by atoms with Gasteiger partial charge in [-0.2, -0.15) is 0 Å². The molecule has 3 heterocycles. The van der Waals surface area contributed by atoms with E-state index in [1.165, 1.54) is 6.33 Å². The maximum Gasteiger partial charge on any atom is 0.162 e. The third kappa shape index (κ3) is 3.46. The number of rotatable bonds is 6. The van der Waals surface area contributed by atoms with E-state index >= 15 is 0 Å². The van der Waals surface area contributed by atoms with Gasteiger partial charge in [0, 0.05) is 17.7 Å². The highest BCUT2D eigenvalue weighted by molar-refractivity contribution is 6.09. The molecule has 0 saturated carbocycles. The molecule has 2 aromatic rings. The Morgan fingerprint density at radius 1 is 1.37 bits per heavy atom. The molecule has 4 atom stereocenters. The molecular formula is C18H25N5O4. The molecule has 0 spiro atoms. The maximum absolute atomic E-state index is 10.6. The van der Waals surface area contributed by atoms with Gasteiger partial charge in [0.15, 0.2) is 6.23 Å². The number of aryl methyl sites for hydroxylation is 1. The van der Waals surface area contributed by atoms with E-state index in [9.17, 15) is 15.3 Å². The van der Waals surface area contributed by atoms with Gasteiger partial charge in [-0.25, -0.2) is 9.97 Å². The van der Waals surface area contributed by atoms with Gasteiger partial charge in [0.05, 0.1) is 36.9 Å². The summed E-state index contributed by atoms with van der Waals surface area (Å²) >= 11 is 0. The first-order valence-electron chi connectivity index (χ1n) is 8.71. The summed E-state index contributed by atoms with van der Waals surface area (Å²) in [5.74, 6) is -0.289. The Hall–Kier alpha value is -2.33. The molecule has 3 rings (SSSR count). The molecule has 9 nitrogen and oxygen atoms in total. The van der Waals surface area contributed by atoms with Crippen LogP contribution in [0.2, 0.25) is 0 Å². The zero-order valence-corrected chi connectivity index (χ0v) is 15.4. The average molecular weight is 375 g/mol. The molecule has 146 valence electrons. The number of fused-ring (bicyclic) bond motifs is 1. The van der Waals surface area contributed by atoms with Crippen molar-refractivity contribution in [3.8, 4) is 0 Å². The van der Waals surface area contributed by atoms with Crippen molar-refractivity contribution in [1.82, 2.24) is 14.5 Å². The molecule has 1 saturated heterocycles. The fourth-order valence-electron chi connectivity index (χ4n) is 3.36. The van der Waals surface area contributed by atoms with E-state index < -0.39 is 24.4 Å². The van der Waals surface area contributed by atoms with Crippen LogP contribution in [0.4, 0.5) is 0 Å². The normalized spacial score (nSPS) is 26.0. The van der Waals surface area contributed by atoms with Crippen LogP contribution >= 0.6 is 0 Å². The minimum atomic E-state index is -1.01. The Kier molecular flexibility index (Phi) is 5.56. The number of amidine groups is 1. The Labute approximate surface area is 156 Å². The lowest BCUT2D eigenvalue weighted by Crippen LogP contribution is -2.30. The molecule has 2 aromatic heterocycles. The van der Waals surface area contributed by atoms with Gasteiger partial charge in [0.1, 0.15) is 23.9 Å². The molecule has 1 fully saturated rings. The second-order valence-electron chi connectivity index (χ2n) is 6.85. The summed E-state index contributed by atoms with van der Waals surface area (Å²) < 4.78 is 7.46. The van der Waals surface area contributed by atoms with Crippen molar-refractivity contribution in [2.75, 3.05) is 19.8 Å². The summed E-state index contributed by atoms with van der Waals surface area (Å²) in [4.78, 5) is 12.9. The summed E-state index contributed by atoms with van der Waals surface area (Å²) in [5, 5.41) is 30.4. The smallest absolute Gasteiger partial charge is 0.162 e. The molecular weight excluding hydrogens is 350 g/mol. The number of hydrogen-bond donors (Lipinski definition) is 4. The molecule has 1 aliphatic rings. The molecule has 0 amide bonds. The van der Waals surface area contributed by atoms with Gasteiger partial charge < -0.3 is 30.4 Å². The molecule has 0 bridgehead atoms. The van der Waals surface area contributed by atoms with E-state index in [0.717, 1.165) is 5.57 Å². The minimum absolute atomic E-state index is 0.300. The first kappa shape index (κ1) is 19.4. The fourth-order valence-corrected chi connectivity index (χ4v) is 3.36. The molecule has 5 N–H and O–H groups in total. The topological polar surface area (TPSA) is 139 Å². The zero-order chi connectivity index (χ0) is 19.7. The van der Waals surface area contributed by atoms with Crippen LogP contribution in [0.5, 0.6) is 0 Å². The standard InChI is InChI=1S/C18H25N5O4/c1-9(2)4-20-16(19)11-5-23(17-14(11)10(3)21-8-22-17)18-15(26)12(6-24)13(7-25)27-18/h5,8,12-13,15,18,24-26H,1,4,6-7H2,2-3H3,(H2,19,20)/t12?,13-,15?,18-/m1/s1. The second-order valence-corrected chi connectivity index (χ2v) is 6.85. The number of ether oxygens (including phenoxy) is 1. The lowest BCUT2D eigenvalue weighted by molar-refractivity contribution is -0.0494. The molecule has 0 radical (unpaired) electrons. The third-order valence-corrected chi connectivity index (χ3v) is 4.78. The quantitative estimate of drug-likeness (QED) is 0.314. The molecule has 1 aliphatic heterocycles. The highest BCUT2D eigenvalue weighted by atomic mass is 16.5. The first-order chi connectivity index (χ1) is 12.9. The third-order valence-electron chi connectivity index (χ3n) is 4.78. The fraction of sp³-hybridized carbons (Fsp3) is 0.500.